The Bertz CT molecular complexity index is 572. The van der Waals surface area contributed by atoms with Crippen LogP contribution in [0.4, 0.5) is 0 Å². The van der Waals surface area contributed by atoms with Crippen LogP contribution < -0.4 is 5.32 Å². The lowest BCUT2D eigenvalue weighted by Crippen LogP contribution is -2.41. The molecule has 1 aromatic heterocycles. The van der Waals surface area contributed by atoms with Crippen molar-refractivity contribution in [2.45, 2.75) is 26.8 Å². The Hall–Kier alpha value is -1.81. The minimum Gasteiger partial charge on any atom is -0.360 e. The number of amides is 1. The molecule has 1 heterocycles. The van der Waals surface area contributed by atoms with Crippen LogP contribution in [-0.2, 0) is 0 Å². The van der Waals surface area contributed by atoms with E-state index in [9.17, 15) is 4.79 Å². The molecule has 0 aliphatic heterocycles. The van der Waals surface area contributed by atoms with E-state index < -0.39 is 0 Å². The first kappa shape index (κ1) is 14.6. The number of rotatable bonds is 6. The van der Waals surface area contributed by atoms with E-state index in [0.717, 1.165) is 30.5 Å². The summed E-state index contributed by atoms with van der Waals surface area (Å²) in [4.78, 5) is 17.8. The van der Waals surface area contributed by atoms with E-state index in [4.69, 9.17) is 0 Å². The van der Waals surface area contributed by atoms with Gasteiger partial charge >= 0.3 is 0 Å². The van der Waals surface area contributed by atoms with Crippen molar-refractivity contribution in [3.63, 3.8) is 0 Å². The molecule has 2 N–H and O–H groups in total. The second-order valence-corrected chi connectivity index (χ2v) is 5.11. The van der Waals surface area contributed by atoms with Crippen LogP contribution in [0.1, 0.15) is 31.1 Å². The molecule has 0 radical (unpaired) electrons. The molecule has 0 saturated carbocycles. The van der Waals surface area contributed by atoms with Gasteiger partial charge in [0.25, 0.3) is 5.91 Å². The number of fused-ring (bicyclic) bond motifs is 1. The van der Waals surface area contributed by atoms with Crippen LogP contribution in [0.2, 0.25) is 0 Å². The number of H-pyrrole nitrogens is 1. The molecular weight excluding hydrogens is 250 g/mol. The zero-order valence-electron chi connectivity index (χ0n) is 12.4. The largest absolute Gasteiger partial charge is 0.360 e. The van der Waals surface area contributed by atoms with Crippen molar-refractivity contribution < 1.29 is 4.79 Å². The van der Waals surface area contributed by atoms with Gasteiger partial charge in [0.1, 0.15) is 0 Å². The zero-order chi connectivity index (χ0) is 14.5. The molecule has 2 rings (SSSR count). The van der Waals surface area contributed by atoms with Crippen molar-refractivity contribution in [2.24, 2.45) is 0 Å². The number of aromatic amines is 1. The van der Waals surface area contributed by atoms with E-state index in [0.29, 0.717) is 5.56 Å². The normalized spacial score (nSPS) is 12.8. The molecule has 1 unspecified atom stereocenters. The number of hydrogen-bond donors (Lipinski definition) is 2. The third kappa shape index (κ3) is 3.20. The maximum absolute atomic E-state index is 12.3. The summed E-state index contributed by atoms with van der Waals surface area (Å²) in [5, 5.41) is 4.05. The molecule has 0 fully saturated rings. The molecule has 1 aromatic carbocycles. The number of para-hydroxylation sites is 1. The second-order valence-electron chi connectivity index (χ2n) is 5.11. The molecule has 4 nitrogen and oxygen atoms in total. The maximum atomic E-state index is 12.3. The summed E-state index contributed by atoms with van der Waals surface area (Å²) < 4.78 is 0. The molecule has 1 atom stereocenters. The van der Waals surface area contributed by atoms with Crippen LogP contribution in [0, 0.1) is 0 Å². The Kier molecular flexibility index (Phi) is 4.79. The van der Waals surface area contributed by atoms with Gasteiger partial charge in [-0.3, -0.25) is 4.79 Å². The molecule has 0 aliphatic carbocycles. The highest BCUT2D eigenvalue weighted by Crippen LogP contribution is 2.17. The molecule has 0 saturated heterocycles. The van der Waals surface area contributed by atoms with Crippen LogP contribution in [0.25, 0.3) is 10.9 Å². The van der Waals surface area contributed by atoms with Crippen molar-refractivity contribution in [3.05, 3.63) is 36.0 Å². The molecule has 4 heteroatoms. The first-order valence-corrected chi connectivity index (χ1v) is 7.25. The Morgan fingerprint density at radius 1 is 1.30 bits per heavy atom. The molecular formula is C16H23N3O. The first-order valence-electron chi connectivity index (χ1n) is 7.25. The van der Waals surface area contributed by atoms with Gasteiger partial charge in [0.15, 0.2) is 0 Å². The lowest BCUT2D eigenvalue weighted by Gasteiger charge is -2.23. The molecule has 0 aliphatic rings. The highest BCUT2D eigenvalue weighted by atomic mass is 16.1. The summed E-state index contributed by atoms with van der Waals surface area (Å²) in [5.41, 5.74) is 1.71. The van der Waals surface area contributed by atoms with Crippen LogP contribution in [-0.4, -0.2) is 41.5 Å². The monoisotopic (exact) mass is 273 g/mol. The summed E-state index contributed by atoms with van der Waals surface area (Å²) in [5.74, 6) is -0.0119. The lowest BCUT2D eigenvalue weighted by atomic mass is 10.1. The van der Waals surface area contributed by atoms with Gasteiger partial charge in [-0.1, -0.05) is 32.0 Å². The van der Waals surface area contributed by atoms with Gasteiger partial charge in [0, 0.05) is 29.7 Å². The molecule has 2 aromatic rings. The van der Waals surface area contributed by atoms with E-state index in [1.165, 1.54) is 0 Å². The van der Waals surface area contributed by atoms with Gasteiger partial charge < -0.3 is 15.2 Å². The molecule has 108 valence electrons. The van der Waals surface area contributed by atoms with Gasteiger partial charge in [-0.25, -0.2) is 0 Å². The van der Waals surface area contributed by atoms with Crippen molar-refractivity contribution in [1.29, 1.82) is 0 Å². The quantitative estimate of drug-likeness (QED) is 0.850. The van der Waals surface area contributed by atoms with Crippen molar-refractivity contribution in [3.8, 4) is 0 Å². The third-order valence-electron chi connectivity index (χ3n) is 3.64. The highest BCUT2D eigenvalue weighted by Gasteiger charge is 2.15. The minimum atomic E-state index is -0.0119. The van der Waals surface area contributed by atoms with Crippen LogP contribution in [0.3, 0.4) is 0 Å². The van der Waals surface area contributed by atoms with Gasteiger partial charge in [-0.2, -0.15) is 0 Å². The van der Waals surface area contributed by atoms with E-state index >= 15 is 0 Å². The fourth-order valence-corrected chi connectivity index (χ4v) is 2.48. The minimum absolute atomic E-state index is 0.0119. The third-order valence-corrected chi connectivity index (χ3v) is 3.64. The fourth-order valence-electron chi connectivity index (χ4n) is 2.48. The predicted octanol–water partition coefficient (Wildman–Crippen LogP) is 2.63. The van der Waals surface area contributed by atoms with Gasteiger partial charge in [0.05, 0.1) is 5.56 Å². The van der Waals surface area contributed by atoms with E-state index in [1.54, 1.807) is 6.20 Å². The van der Waals surface area contributed by atoms with E-state index in [2.05, 4.69) is 29.0 Å². The maximum Gasteiger partial charge on any atom is 0.253 e. The summed E-state index contributed by atoms with van der Waals surface area (Å²) in [7, 11) is 0. The van der Waals surface area contributed by atoms with Gasteiger partial charge in [0.2, 0.25) is 0 Å². The first-order chi connectivity index (χ1) is 9.65. The Balaban J connectivity index is 2.05. The van der Waals surface area contributed by atoms with Gasteiger partial charge in [-0.05, 0) is 26.1 Å². The number of carbonyl (C=O) groups is 1. The van der Waals surface area contributed by atoms with Crippen molar-refractivity contribution in [1.82, 2.24) is 15.2 Å². The lowest BCUT2D eigenvalue weighted by molar-refractivity contribution is 0.0932. The van der Waals surface area contributed by atoms with Crippen molar-refractivity contribution >= 4 is 16.8 Å². The summed E-state index contributed by atoms with van der Waals surface area (Å²) in [6.07, 6.45) is 1.78. The fraction of sp³-hybridized carbons (Fsp3) is 0.438. The van der Waals surface area contributed by atoms with Crippen LogP contribution >= 0.6 is 0 Å². The number of aromatic nitrogens is 1. The summed E-state index contributed by atoms with van der Waals surface area (Å²) >= 11 is 0. The topological polar surface area (TPSA) is 48.1 Å². The Morgan fingerprint density at radius 3 is 2.70 bits per heavy atom. The number of nitrogens with one attached hydrogen (secondary N) is 2. The second kappa shape index (κ2) is 6.57. The standard InChI is InChI=1S/C16H23N3O/c1-4-19(5-2)11-12(3)18-16(20)14-10-17-15-9-7-6-8-13(14)15/h6-10,12,17H,4-5,11H2,1-3H3,(H,18,20). The Labute approximate surface area is 120 Å². The van der Waals surface area contributed by atoms with Crippen LogP contribution in [0.5, 0.6) is 0 Å². The highest BCUT2D eigenvalue weighted by molar-refractivity contribution is 6.06. The number of nitrogens with zero attached hydrogens (tertiary/aromatic N) is 1. The SMILES string of the molecule is CCN(CC)CC(C)NC(=O)c1c[nH]c2ccccc12. The van der Waals surface area contributed by atoms with E-state index in [1.807, 2.05) is 31.2 Å². The van der Waals surface area contributed by atoms with Crippen LogP contribution in [0.15, 0.2) is 30.5 Å². The smallest absolute Gasteiger partial charge is 0.253 e. The number of likely N-dealkylation sites (N-methyl/N-ethyl adjacent to an activating group) is 1. The zero-order valence-corrected chi connectivity index (χ0v) is 12.4. The summed E-state index contributed by atoms with van der Waals surface area (Å²) in [6.45, 7) is 9.20. The van der Waals surface area contributed by atoms with E-state index in [-0.39, 0.29) is 11.9 Å². The molecule has 0 bridgehead atoms. The average molecular weight is 273 g/mol. The predicted molar refractivity (Wildman–Crippen MR) is 83.0 cm³/mol. The van der Waals surface area contributed by atoms with Gasteiger partial charge in [-0.15, -0.1) is 0 Å². The average Bonchev–Trinajstić information content (AvgIpc) is 2.88. The number of carbonyl (C=O) groups excluding carboxylic acids is 1. The molecule has 0 spiro atoms. The number of hydrogen-bond acceptors (Lipinski definition) is 2. The molecule has 20 heavy (non-hydrogen) atoms. The molecule has 1 amide bonds. The van der Waals surface area contributed by atoms with Crippen molar-refractivity contribution in [2.75, 3.05) is 19.6 Å². The summed E-state index contributed by atoms with van der Waals surface area (Å²) in [6, 6.07) is 7.99. The Morgan fingerprint density at radius 2 is 2.00 bits per heavy atom. The number of benzene rings is 1.